The van der Waals surface area contributed by atoms with Crippen molar-refractivity contribution in [1.29, 1.82) is 0 Å². The largest absolute Gasteiger partial charge is 0.399 e. The van der Waals surface area contributed by atoms with Gasteiger partial charge >= 0.3 is 0 Å². The number of carbonyl (C=O) groups excluding carboxylic acids is 1. The fourth-order valence-corrected chi connectivity index (χ4v) is 1.99. The molecule has 1 aliphatic rings. The number of nitrogen functional groups attached to an aromatic ring is 1. The Hall–Kier alpha value is -1.51. The smallest absolute Gasteiger partial charge is 0.223 e. The molecule has 0 aromatic heterocycles. The van der Waals surface area contributed by atoms with Gasteiger partial charge in [0.1, 0.15) is 0 Å². The molecule has 3 nitrogen and oxygen atoms in total. The highest BCUT2D eigenvalue weighted by Gasteiger charge is 2.32. The van der Waals surface area contributed by atoms with E-state index in [1.165, 1.54) is 18.4 Å². The molecule has 1 atom stereocenters. The zero-order valence-corrected chi connectivity index (χ0v) is 10.3. The van der Waals surface area contributed by atoms with Gasteiger partial charge in [0, 0.05) is 18.2 Å². The van der Waals surface area contributed by atoms with Crippen molar-refractivity contribution in [3.8, 4) is 0 Å². The third kappa shape index (κ3) is 3.48. The van der Waals surface area contributed by atoms with Gasteiger partial charge in [0.25, 0.3) is 0 Å². The summed E-state index contributed by atoms with van der Waals surface area (Å²) in [4.78, 5) is 11.7. The molecule has 17 heavy (non-hydrogen) atoms. The van der Waals surface area contributed by atoms with Gasteiger partial charge in [-0.2, -0.15) is 0 Å². The number of hydrogen-bond donors (Lipinski definition) is 2. The van der Waals surface area contributed by atoms with Crippen molar-refractivity contribution in [3.63, 3.8) is 0 Å². The summed E-state index contributed by atoms with van der Waals surface area (Å²) in [5, 5.41) is 3.00. The molecule has 1 amide bonds. The minimum Gasteiger partial charge on any atom is -0.399 e. The summed E-state index contributed by atoms with van der Waals surface area (Å²) in [5.74, 6) is 1.01. The Morgan fingerprint density at radius 3 is 2.65 bits per heavy atom. The quantitative estimate of drug-likeness (QED) is 0.763. The van der Waals surface area contributed by atoms with Crippen molar-refractivity contribution in [3.05, 3.63) is 29.8 Å². The third-order valence-electron chi connectivity index (χ3n) is 3.44. The molecular formula is C14H20N2O. The Labute approximate surface area is 102 Å². The normalized spacial score (nSPS) is 16.5. The van der Waals surface area contributed by atoms with Gasteiger partial charge in [-0.1, -0.05) is 19.1 Å². The minimum atomic E-state index is 0.182. The second kappa shape index (κ2) is 5.21. The van der Waals surface area contributed by atoms with E-state index in [1.54, 1.807) is 0 Å². The fourth-order valence-electron chi connectivity index (χ4n) is 1.99. The van der Waals surface area contributed by atoms with Gasteiger partial charge in [0.2, 0.25) is 5.91 Å². The molecule has 1 aromatic carbocycles. The van der Waals surface area contributed by atoms with E-state index in [1.807, 2.05) is 31.2 Å². The zero-order valence-electron chi connectivity index (χ0n) is 10.3. The topological polar surface area (TPSA) is 55.1 Å². The Bertz CT molecular complexity index is 382. The van der Waals surface area contributed by atoms with Crippen molar-refractivity contribution >= 4 is 11.6 Å². The maximum absolute atomic E-state index is 11.7. The Morgan fingerprint density at radius 1 is 1.41 bits per heavy atom. The maximum atomic E-state index is 11.7. The second-order valence-corrected chi connectivity index (χ2v) is 4.91. The molecule has 0 bridgehead atoms. The first-order valence-electron chi connectivity index (χ1n) is 6.29. The monoisotopic (exact) mass is 232 g/mol. The van der Waals surface area contributed by atoms with Crippen molar-refractivity contribution in [1.82, 2.24) is 5.32 Å². The lowest BCUT2D eigenvalue weighted by molar-refractivity contribution is -0.125. The van der Waals surface area contributed by atoms with Gasteiger partial charge in [0.15, 0.2) is 0 Å². The molecule has 0 aliphatic heterocycles. The third-order valence-corrected chi connectivity index (χ3v) is 3.44. The van der Waals surface area contributed by atoms with E-state index >= 15 is 0 Å². The Kier molecular flexibility index (Phi) is 3.67. The Morgan fingerprint density at radius 2 is 2.06 bits per heavy atom. The van der Waals surface area contributed by atoms with Crippen molar-refractivity contribution in [2.75, 3.05) is 12.3 Å². The van der Waals surface area contributed by atoms with Crippen LogP contribution in [0.1, 0.15) is 25.3 Å². The van der Waals surface area contributed by atoms with Crippen LogP contribution >= 0.6 is 0 Å². The molecule has 0 heterocycles. The Balaban J connectivity index is 1.71. The molecule has 1 unspecified atom stereocenters. The van der Waals surface area contributed by atoms with Gasteiger partial charge in [-0.15, -0.1) is 0 Å². The van der Waals surface area contributed by atoms with Crippen LogP contribution in [-0.2, 0) is 11.2 Å². The van der Waals surface area contributed by atoms with E-state index in [9.17, 15) is 4.79 Å². The highest BCUT2D eigenvalue weighted by Crippen LogP contribution is 2.36. The number of anilines is 1. The fraction of sp³-hybridized carbons (Fsp3) is 0.500. The van der Waals surface area contributed by atoms with Crippen LogP contribution in [0, 0.1) is 11.8 Å². The molecule has 92 valence electrons. The predicted molar refractivity (Wildman–Crippen MR) is 69.5 cm³/mol. The summed E-state index contributed by atoms with van der Waals surface area (Å²) in [7, 11) is 0. The summed E-state index contributed by atoms with van der Waals surface area (Å²) in [6.45, 7) is 2.73. The molecule has 3 N–H and O–H groups in total. The summed E-state index contributed by atoms with van der Waals surface area (Å²) in [6, 6.07) is 7.80. The average molecular weight is 232 g/mol. The number of amides is 1. The van der Waals surface area contributed by atoms with E-state index in [0.29, 0.717) is 12.5 Å². The lowest BCUT2D eigenvalue weighted by Crippen LogP contribution is -2.31. The van der Waals surface area contributed by atoms with E-state index in [0.717, 1.165) is 12.1 Å². The van der Waals surface area contributed by atoms with E-state index in [-0.39, 0.29) is 11.8 Å². The molecular weight excluding hydrogens is 212 g/mol. The SMILES string of the molecule is CC(C(=O)NCCc1ccc(N)cc1)C1CC1. The molecule has 0 saturated heterocycles. The first kappa shape index (κ1) is 12.0. The van der Waals surface area contributed by atoms with Crippen LogP contribution < -0.4 is 11.1 Å². The van der Waals surface area contributed by atoms with Gasteiger partial charge in [-0.3, -0.25) is 4.79 Å². The standard InChI is InChI=1S/C14H20N2O/c1-10(12-4-5-12)14(17)16-9-8-11-2-6-13(15)7-3-11/h2-3,6-7,10,12H,4-5,8-9,15H2,1H3,(H,16,17). The zero-order chi connectivity index (χ0) is 12.3. The molecule has 1 fully saturated rings. The molecule has 1 aliphatic carbocycles. The number of carbonyl (C=O) groups is 1. The van der Waals surface area contributed by atoms with Gasteiger partial charge in [-0.25, -0.2) is 0 Å². The van der Waals surface area contributed by atoms with Crippen molar-refractivity contribution in [2.24, 2.45) is 11.8 Å². The number of nitrogens with one attached hydrogen (secondary N) is 1. The summed E-state index contributed by atoms with van der Waals surface area (Å²) in [5.41, 5.74) is 7.60. The first-order chi connectivity index (χ1) is 8.16. The molecule has 1 saturated carbocycles. The minimum absolute atomic E-state index is 0.182. The van der Waals surface area contributed by atoms with Crippen molar-refractivity contribution < 1.29 is 4.79 Å². The van der Waals surface area contributed by atoms with Crippen molar-refractivity contribution in [2.45, 2.75) is 26.2 Å². The molecule has 1 aromatic rings. The van der Waals surface area contributed by atoms with Gasteiger partial charge < -0.3 is 11.1 Å². The van der Waals surface area contributed by atoms with Crippen LogP contribution in [0.15, 0.2) is 24.3 Å². The summed E-state index contributed by atoms with van der Waals surface area (Å²) in [6.07, 6.45) is 3.29. The molecule has 3 heteroatoms. The highest BCUT2D eigenvalue weighted by atomic mass is 16.1. The lowest BCUT2D eigenvalue weighted by atomic mass is 10.1. The first-order valence-corrected chi connectivity index (χ1v) is 6.29. The van der Waals surface area contributed by atoms with E-state index in [4.69, 9.17) is 5.73 Å². The van der Waals surface area contributed by atoms with Gasteiger partial charge in [-0.05, 0) is 42.9 Å². The summed E-state index contributed by atoms with van der Waals surface area (Å²) >= 11 is 0. The average Bonchev–Trinajstić information content (AvgIpc) is 3.14. The van der Waals surface area contributed by atoms with Crippen LogP contribution in [-0.4, -0.2) is 12.5 Å². The predicted octanol–water partition coefficient (Wildman–Crippen LogP) is 1.97. The number of nitrogens with two attached hydrogens (primary N) is 1. The van der Waals surface area contributed by atoms with Crippen LogP contribution in [0.3, 0.4) is 0 Å². The van der Waals surface area contributed by atoms with E-state index in [2.05, 4.69) is 5.32 Å². The number of rotatable bonds is 5. The lowest BCUT2D eigenvalue weighted by Gasteiger charge is -2.10. The molecule has 0 spiro atoms. The summed E-state index contributed by atoms with van der Waals surface area (Å²) < 4.78 is 0. The van der Waals surface area contributed by atoms with Crippen LogP contribution in [0.4, 0.5) is 5.69 Å². The van der Waals surface area contributed by atoms with E-state index < -0.39 is 0 Å². The van der Waals surface area contributed by atoms with Crippen LogP contribution in [0.2, 0.25) is 0 Å². The molecule has 2 rings (SSSR count). The second-order valence-electron chi connectivity index (χ2n) is 4.91. The van der Waals surface area contributed by atoms with Crippen LogP contribution in [0.25, 0.3) is 0 Å². The maximum Gasteiger partial charge on any atom is 0.223 e. The highest BCUT2D eigenvalue weighted by molar-refractivity contribution is 5.78. The van der Waals surface area contributed by atoms with Crippen LogP contribution in [0.5, 0.6) is 0 Å². The van der Waals surface area contributed by atoms with Gasteiger partial charge in [0.05, 0.1) is 0 Å². The number of hydrogen-bond acceptors (Lipinski definition) is 2. The molecule has 0 radical (unpaired) electrons. The number of benzene rings is 1.